The van der Waals surface area contributed by atoms with Crippen molar-refractivity contribution in [3.05, 3.63) is 0 Å². The molecular weight excluding hydrogens is 199 g/mol. The van der Waals surface area contributed by atoms with E-state index in [1.54, 1.807) is 0 Å². The van der Waals surface area contributed by atoms with Crippen LogP contribution < -0.4 is 0 Å². The van der Waals surface area contributed by atoms with E-state index in [4.69, 9.17) is 0 Å². The molecule has 96 valence electrons. The van der Waals surface area contributed by atoms with Crippen molar-refractivity contribution in [1.29, 1.82) is 0 Å². The molecular formula is C14H28O2. The maximum absolute atomic E-state index is 10.8. The fourth-order valence-electron chi connectivity index (χ4n) is 1.86. The zero-order chi connectivity index (χ0) is 12.1. The second kappa shape index (κ2) is 12.5. The standard InChI is InChI=1S/C14H28O2/c1-3-4-5-6-7-8-9-10-11-12-13-14(15)16-2/h3-13H2,1-2H3/i14-1. The Kier molecular flexibility index (Phi) is 12.1. The molecule has 0 fully saturated rings. The van der Waals surface area contributed by atoms with E-state index in [0.717, 1.165) is 6.42 Å². The highest BCUT2D eigenvalue weighted by Crippen LogP contribution is 2.11. The number of hydrogen-bond acceptors (Lipinski definition) is 2. The third-order valence-corrected chi connectivity index (χ3v) is 2.96. The summed E-state index contributed by atoms with van der Waals surface area (Å²) in [6.45, 7) is 2.25. The van der Waals surface area contributed by atoms with E-state index in [1.165, 1.54) is 64.9 Å². The minimum absolute atomic E-state index is 0.0698. The van der Waals surface area contributed by atoms with E-state index in [-0.39, 0.29) is 5.97 Å². The number of carbonyl (C=O) groups is 1. The summed E-state index contributed by atoms with van der Waals surface area (Å²) in [4.78, 5) is 10.8. The van der Waals surface area contributed by atoms with Crippen LogP contribution in [-0.4, -0.2) is 13.1 Å². The van der Waals surface area contributed by atoms with E-state index in [9.17, 15) is 4.79 Å². The van der Waals surface area contributed by atoms with Gasteiger partial charge in [-0.05, 0) is 6.42 Å². The summed E-state index contributed by atoms with van der Waals surface area (Å²) < 4.78 is 4.59. The number of ether oxygens (including phenoxy) is 1. The van der Waals surface area contributed by atoms with Gasteiger partial charge in [-0.1, -0.05) is 64.7 Å². The van der Waals surface area contributed by atoms with Gasteiger partial charge in [0, 0.05) is 6.42 Å². The summed E-state index contributed by atoms with van der Waals surface area (Å²) in [6.07, 6.45) is 13.6. The van der Waals surface area contributed by atoms with Crippen LogP contribution in [0.4, 0.5) is 0 Å². The highest BCUT2D eigenvalue weighted by molar-refractivity contribution is 5.68. The maximum Gasteiger partial charge on any atom is 0.305 e. The molecule has 0 aliphatic heterocycles. The van der Waals surface area contributed by atoms with Crippen LogP contribution in [-0.2, 0) is 9.53 Å². The van der Waals surface area contributed by atoms with Crippen LogP contribution in [0.3, 0.4) is 0 Å². The quantitative estimate of drug-likeness (QED) is 0.384. The van der Waals surface area contributed by atoms with Gasteiger partial charge < -0.3 is 4.74 Å². The molecule has 0 heterocycles. The van der Waals surface area contributed by atoms with Gasteiger partial charge in [-0.15, -0.1) is 0 Å². The van der Waals surface area contributed by atoms with Crippen molar-refractivity contribution in [2.75, 3.05) is 7.11 Å². The highest BCUT2D eigenvalue weighted by atomic mass is 16.5. The molecule has 0 aliphatic rings. The van der Waals surface area contributed by atoms with E-state index >= 15 is 0 Å². The van der Waals surface area contributed by atoms with E-state index in [0.29, 0.717) is 6.42 Å². The molecule has 0 radical (unpaired) electrons. The van der Waals surface area contributed by atoms with Gasteiger partial charge in [0.25, 0.3) is 0 Å². The summed E-state index contributed by atoms with van der Waals surface area (Å²) in [5.74, 6) is -0.0698. The van der Waals surface area contributed by atoms with Crippen LogP contribution in [0.2, 0.25) is 0 Å². The molecule has 0 atom stereocenters. The van der Waals surface area contributed by atoms with Gasteiger partial charge in [0.2, 0.25) is 0 Å². The van der Waals surface area contributed by atoms with Crippen LogP contribution in [0.1, 0.15) is 77.6 Å². The second-order valence-electron chi connectivity index (χ2n) is 4.51. The summed E-state index contributed by atoms with van der Waals surface area (Å²) in [6, 6.07) is 0. The lowest BCUT2D eigenvalue weighted by atomic mass is 9.96. The molecule has 0 rings (SSSR count). The van der Waals surface area contributed by atoms with Gasteiger partial charge in [-0.25, -0.2) is 0 Å². The van der Waals surface area contributed by atoms with Gasteiger partial charge in [0.15, 0.2) is 0 Å². The third kappa shape index (κ3) is 11.5. The van der Waals surface area contributed by atoms with E-state index < -0.39 is 0 Å². The minimum Gasteiger partial charge on any atom is -0.469 e. The molecule has 0 unspecified atom stereocenters. The molecule has 16 heavy (non-hydrogen) atoms. The molecule has 0 aliphatic carbocycles. The molecule has 0 aromatic carbocycles. The van der Waals surface area contributed by atoms with Crippen molar-refractivity contribution in [2.45, 2.75) is 77.6 Å². The number of methoxy groups -OCH3 is 1. The Hall–Kier alpha value is -0.530. The first kappa shape index (κ1) is 15.5. The lowest BCUT2D eigenvalue weighted by molar-refractivity contribution is -0.140. The van der Waals surface area contributed by atoms with Gasteiger partial charge in [0.05, 0.1) is 7.11 Å². The Morgan fingerprint density at radius 3 is 1.69 bits per heavy atom. The SMILES string of the molecule is CCCCCCCCCCCC[11C](=O)OC. The zero-order valence-electron chi connectivity index (χ0n) is 11.1. The summed E-state index contributed by atoms with van der Waals surface area (Å²) in [5.41, 5.74) is 0. The average Bonchev–Trinajstić information content (AvgIpc) is 2.31. The Morgan fingerprint density at radius 2 is 1.25 bits per heavy atom. The van der Waals surface area contributed by atoms with Crippen molar-refractivity contribution < 1.29 is 9.53 Å². The lowest BCUT2D eigenvalue weighted by Gasteiger charge is -2.01. The largest absolute Gasteiger partial charge is 0.469 e. The molecule has 0 bridgehead atoms. The van der Waals surface area contributed by atoms with Crippen LogP contribution in [0.5, 0.6) is 0 Å². The first-order valence-electron chi connectivity index (χ1n) is 6.88. The molecule has 0 saturated carbocycles. The van der Waals surface area contributed by atoms with E-state index in [1.807, 2.05) is 0 Å². The van der Waals surface area contributed by atoms with Crippen LogP contribution in [0.15, 0.2) is 0 Å². The zero-order valence-corrected chi connectivity index (χ0v) is 11.1. The van der Waals surface area contributed by atoms with Crippen LogP contribution in [0, 0.1) is 0 Å². The predicted molar refractivity (Wildman–Crippen MR) is 68.5 cm³/mol. The van der Waals surface area contributed by atoms with E-state index in [2.05, 4.69) is 11.7 Å². The first-order valence-corrected chi connectivity index (χ1v) is 6.88. The van der Waals surface area contributed by atoms with Crippen LogP contribution >= 0.6 is 0 Å². The Morgan fingerprint density at radius 1 is 0.812 bits per heavy atom. The fraction of sp³-hybridized carbons (Fsp3) is 0.929. The number of esters is 1. The number of unbranched alkanes of at least 4 members (excludes halogenated alkanes) is 9. The Labute approximate surface area is 101 Å². The van der Waals surface area contributed by atoms with Gasteiger partial charge >= 0.3 is 5.97 Å². The smallest absolute Gasteiger partial charge is 0.305 e. The molecule has 0 aromatic heterocycles. The number of carbonyl (C=O) groups excluding carboxylic acids is 1. The van der Waals surface area contributed by atoms with Crippen molar-refractivity contribution in [3.8, 4) is 0 Å². The Balaban J connectivity index is 2.96. The molecule has 2 nitrogen and oxygen atoms in total. The fourth-order valence-corrected chi connectivity index (χ4v) is 1.86. The van der Waals surface area contributed by atoms with Crippen molar-refractivity contribution in [3.63, 3.8) is 0 Å². The monoisotopic (exact) mass is 227 g/mol. The van der Waals surface area contributed by atoms with Crippen LogP contribution in [0.25, 0.3) is 0 Å². The molecule has 2 heteroatoms. The van der Waals surface area contributed by atoms with Gasteiger partial charge in [-0.2, -0.15) is 0 Å². The van der Waals surface area contributed by atoms with Gasteiger partial charge in [-0.3, -0.25) is 4.79 Å². The number of hydrogen-bond donors (Lipinski definition) is 0. The topological polar surface area (TPSA) is 26.3 Å². The normalized spacial score (nSPS) is 10.4. The predicted octanol–water partition coefficient (Wildman–Crippen LogP) is 4.47. The average molecular weight is 227 g/mol. The molecule has 0 amide bonds. The summed E-state index contributed by atoms with van der Waals surface area (Å²) in [5, 5.41) is 0. The van der Waals surface area contributed by atoms with Crippen molar-refractivity contribution >= 4 is 5.97 Å². The Bertz CT molecular complexity index is 155. The van der Waals surface area contributed by atoms with Crippen molar-refractivity contribution in [1.82, 2.24) is 0 Å². The maximum atomic E-state index is 10.8. The molecule has 0 spiro atoms. The number of rotatable bonds is 11. The molecule has 0 N–H and O–H groups in total. The summed E-state index contributed by atoms with van der Waals surface area (Å²) >= 11 is 0. The van der Waals surface area contributed by atoms with Crippen molar-refractivity contribution in [2.24, 2.45) is 0 Å². The lowest BCUT2D eigenvalue weighted by Crippen LogP contribution is -1.99. The molecule has 0 saturated heterocycles. The second-order valence-corrected chi connectivity index (χ2v) is 4.51. The summed E-state index contributed by atoms with van der Waals surface area (Å²) in [7, 11) is 1.46. The third-order valence-electron chi connectivity index (χ3n) is 2.96. The van der Waals surface area contributed by atoms with Gasteiger partial charge in [0.1, 0.15) is 0 Å². The first-order chi connectivity index (χ1) is 7.81. The molecule has 0 aromatic rings. The minimum atomic E-state index is -0.0698. The highest BCUT2D eigenvalue weighted by Gasteiger charge is 1.98.